The quantitative estimate of drug-likeness (QED) is 0.770. The van der Waals surface area contributed by atoms with Crippen LogP contribution in [-0.4, -0.2) is 50.9 Å². The topological polar surface area (TPSA) is 75.7 Å². The number of nitrogens with one attached hydrogen (secondary N) is 1. The first kappa shape index (κ1) is 13.5. The highest BCUT2D eigenvalue weighted by Crippen LogP contribution is 2.09. The fourth-order valence-electron chi connectivity index (χ4n) is 2.00. The Morgan fingerprint density at radius 3 is 2.89 bits per heavy atom. The molecule has 0 spiro atoms. The average Bonchev–Trinajstić information content (AvgIpc) is 2.67. The van der Waals surface area contributed by atoms with Crippen LogP contribution in [0.15, 0.2) is 11.5 Å². The molecule has 0 aromatic heterocycles. The van der Waals surface area contributed by atoms with Crippen molar-refractivity contribution >= 4 is 15.7 Å². The lowest BCUT2D eigenvalue weighted by molar-refractivity contribution is -0.181. The molecular weight excluding hydrogens is 256 g/mol. The van der Waals surface area contributed by atoms with E-state index in [1.807, 2.05) is 0 Å². The summed E-state index contributed by atoms with van der Waals surface area (Å²) >= 11 is 0. The average molecular weight is 274 g/mol. The molecule has 2 aliphatic rings. The molecule has 0 aliphatic carbocycles. The van der Waals surface area contributed by atoms with Gasteiger partial charge in [-0.25, -0.2) is 8.42 Å². The highest BCUT2D eigenvalue weighted by Gasteiger charge is 2.23. The van der Waals surface area contributed by atoms with Gasteiger partial charge in [-0.2, -0.15) is 5.06 Å². The van der Waals surface area contributed by atoms with Crippen LogP contribution in [0.3, 0.4) is 0 Å². The molecule has 6 nitrogen and oxygen atoms in total. The molecule has 1 fully saturated rings. The lowest BCUT2D eigenvalue weighted by atomic mass is 10.2. The summed E-state index contributed by atoms with van der Waals surface area (Å²) in [6, 6.07) is -0.384. The Bertz CT molecular complexity index is 426. The van der Waals surface area contributed by atoms with Crippen LogP contribution in [0, 0.1) is 0 Å². The Morgan fingerprint density at radius 2 is 2.28 bits per heavy atom. The van der Waals surface area contributed by atoms with E-state index in [0.29, 0.717) is 19.6 Å². The van der Waals surface area contributed by atoms with Crippen LogP contribution in [0.25, 0.3) is 0 Å². The standard InChI is InChI=1S/C11H18N2O4S/c14-11(3-6-13-5-1-2-7-17-13)12-10-4-8-18(15,16)9-10/h4,8,10H,1-3,5-7,9H2,(H,12,14). The van der Waals surface area contributed by atoms with Crippen LogP contribution in [0.2, 0.25) is 0 Å². The second-order valence-electron chi connectivity index (χ2n) is 4.55. The van der Waals surface area contributed by atoms with Gasteiger partial charge < -0.3 is 5.32 Å². The molecule has 0 saturated carbocycles. The maximum absolute atomic E-state index is 11.6. The van der Waals surface area contributed by atoms with Gasteiger partial charge in [0.1, 0.15) is 0 Å². The van der Waals surface area contributed by atoms with Crippen molar-refractivity contribution in [3.05, 3.63) is 11.5 Å². The Morgan fingerprint density at radius 1 is 1.44 bits per heavy atom. The molecule has 2 rings (SSSR count). The molecule has 0 radical (unpaired) electrons. The zero-order valence-electron chi connectivity index (χ0n) is 10.2. The maximum atomic E-state index is 11.6. The minimum absolute atomic E-state index is 0.0288. The summed E-state index contributed by atoms with van der Waals surface area (Å²) < 4.78 is 22.3. The van der Waals surface area contributed by atoms with Crippen molar-refractivity contribution in [3.63, 3.8) is 0 Å². The number of hydroxylamine groups is 2. The highest BCUT2D eigenvalue weighted by atomic mass is 32.2. The van der Waals surface area contributed by atoms with Crippen LogP contribution in [0.1, 0.15) is 19.3 Å². The van der Waals surface area contributed by atoms with E-state index in [2.05, 4.69) is 5.32 Å². The normalized spacial score (nSPS) is 27.2. The van der Waals surface area contributed by atoms with Gasteiger partial charge in [0.2, 0.25) is 5.91 Å². The van der Waals surface area contributed by atoms with Crippen LogP contribution in [0.4, 0.5) is 0 Å². The van der Waals surface area contributed by atoms with Gasteiger partial charge in [0.05, 0.1) is 18.4 Å². The number of sulfone groups is 1. The highest BCUT2D eigenvalue weighted by molar-refractivity contribution is 7.94. The van der Waals surface area contributed by atoms with Gasteiger partial charge in [-0.15, -0.1) is 0 Å². The molecule has 18 heavy (non-hydrogen) atoms. The molecule has 2 heterocycles. The van der Waals surface area contributed by atoms with Crippen molar-refractivity contribution in [2.75, 3.05) is 25.4 Å². The summed E-state index contributed by atoms with van der Waals surface area (Å²) in [6.07, 6.45) is 3.99. The number of amides is 1. The summed E-state index contributed by atoms with van der Waals surface area (Å²) in [5.41, 5.74) is 0. The molecule has 1 atom stereocenters. The number of hydrogen-bond acceptors (Lipinski definition) is 5. The van der Waals surface area contributed by atoms with Crippen LogP contribution < -0.4 is 5.32 Å². The van der Waals surface area contributed by atoms with Crippen molar-refractivity contribution in [2.24, 2.45) is 0 Å². The number of carbonyl (C=O) groups excluding carboxylic acids is 1. The third kappa shape index (κ3) is 4.08. The third-order valence-corrected chi connectivity index (χ3v) is 4.34. The molecule has 7 heteroatoms. The van der Waals surface area contributed by atoms with Gasteiger partial charge in [-0.1, -0.05) is 0 Å². The Balaban J connectivity index is 1.68. The second-order valence-corrected chi connectivity index (χ2v) is 6.48. The van der Waals surface area contributed by atoms with Gasteiger partial charge >= 0.3 is 0 Å². The van der Waals surface area contributed by atoms with Crippen molar-refractivity contribution < 1.29 is 18.0 Å². The molecule has 1 amide bonds. The predicted molar refractivity (Wildman–Crippen MR) is 66.2 cm³/mol. The Hall–Kier alpha value is -0.920. The lowest BCUT2D eigenvalue weighted by Crippen LogP contribution is -2.38. The van der Waals surface area contributed by atoms with Crippen LogP contribution in [0.5, 0.6) is 0 Å². The lowest BCUT2D eigenvalue weighted by Gasteiger charge is -2.25. The van der Waals surface area contributed by atoms with E-state index >= 15 is 0 Å². The van der Waals surface area contributed by atoms with Crippen molar-refractivity contribution in [3.8, 4) is 0 Å². The molecule has 102 valence electrons. The minimum Gasteiger partial charge on any atom is -0.349 e. The van der Waals surface area contributed by atoms with E-state index in [4.69, 9.17) is 4.84 Å². The fourth-order valence-corrected chi connectivity index (χ4v) is 3.23. The Labute approximate surface area is 107 Å². The zero-order valence-corrected chi connectivity index (χ0v) is 11.0. The summed E-state index contributed by atoms with van der Waals surface area (Å²) in [5, 5.41) is 5.64. The molecule has 1 unspecified atom stereocenters. The van der Waals surface area contributed by atoms with Gasteiger partial charge in [-0.3, -0.25) is 9.63 Å². The zero-order chi connectivity index (χ0) is 13.0. The molecule has 0 bridgehead atoms. The smallest absolute Gasteiger partial charge is 0.221 e. The fraction of sp³-hybridized carbons (Fsp3) is 0.727. The molecule has 2 aliphatic heterocycles. The first-order chi connectivity index (χ1) is 8.55. The first-order valence-electron chi connectivity index (χ1n) is 6.13. The van der Waals surface area contributed by atoms with Gasteiger partial charge in [0.15, 0.2) is 9.84 Å². The first-order valence-corrected chi connectivity index (χ1v) is 7.85. The molecule has 0 aromatic rings. The van der Waals surface area contributed by atoms with Crippen molar-refractivity contribution in [2.45, 2.75) is 25.3 Å². The molecule has 1 N–H and O–H groups in total. The SMILES string of the molecule is O=C(CCN1CCCCO1)NC1C=CS(=O)(=O)C1. The maximum Gasteiger partial charge on any atom is 0.221 e. The second kappa shape index (κ2) is 5.81. The van der Waals surface area contributed by atoms with E-state index < -0.39 is 9.84 Å². The largest absolute Gasteiger partial charge is 0.349 e. The van der Waals surface area contributed by atoms with E-state index in [9.17, 15) is 13.2 Å². The number of hydrogen-bond donors (Lipinski definition) is 1. The summed E-state index contributed by atoms with van der Waals surface area (Å²) in [7, 11) is -3.11. The van der Waals surface area contributed by atoms with Crippen LogP contribution in [-0.2, 0) is 19.5 Å². The third-order valence-electron chi connectivity index (χ3n) is 2.94. The van der Waals surface area contributed by atoms with E-state index in [0.717, 1.165) is 24.8 Å². The number of carbonyl (C=O) groups is 1. The van der Waals surface area contributed by atoms with E-state index in [1.165, 1.54) is 6.08 Å². The van der Waals surface area contributed by atoms with Gasteiger partial charge in [0, 0.05) is 24.9 Å². The summed E-state index contributed by atoms with van der Waals surface area (Å²) in [6.45, 7) is 2.12. The van der Waals surface area contributed by atoms with Crippen molar-refractivity contribution in [1.29, 1.82) is 0 Å². The molecular formula is C11H18N2O4S. The molecule has 0 aromatic carbocycles. The Kier molecular flexibility index (Phi) is 4.36. The van der Waals surface area contributed by atoms with Crippen LogP contribution >= 0.6 is 0 Å². The van der Waals surface area contributed by atoms with Crippen molar-refractivity contribution in [1.82, 2.24) is 10.4 Å². The number of nitrogens with zero attached hydrogens (tertiary/aromatic N) is 1. The summed E-state index contributed by atoms with van der Waals surface area (Å²) in [4.78, 5) is 17.0. The number of rotatable bonds is 4. The van der Waals surface area contributed by atoms with Gasteiger partial charge in [-0.05, 0) is 18.9 Å². The minimum atomic E-state index is -3.11. The summed E-state index contributed by atoms with van der Waals surface area (Å²) in [5.74, 6) is -0.171. The van der Waals surface area contributed by atoms with Gasteiger partial charge in [0.25, 0.3) is 0 Å². The van der Waals surface area contributed by atoms with E-state index in [-0.39, 0.29) is 17.7 Å². The monoisotopic (exact) mass is 274 g/mol. The predicted octanol–water partition coefficient (Wildman–Crippen LogP) is -0.169. The molecule has 1 saturated heterocycles. The van der Waals surface area contributed by atoms with E-state index in [1.54, 1.807) is 5.06 Å².